The number of esters is 1. The van der Waals surface area contributed by atoms with Crippen LogP contribution in [0.15, 0.2) is 77.9 Å². The highest BCUT2D eigenvalue weighted by Gasteiger charge is 2.15. The number of nitrogens with one attached hydrogen (secondary N) is 2. The highest BCUT2D eigenvalue weighted by atomic mass is 35.5. The van der Waals surface area contributed by atoms with E-state index in [1.165, 1.54) is 37.6 Å². The zero-order valence-electron chi connectivity index (χ0n) is 18.3. The van der Waals surface area contributed by atoms with Gasteiger partial charge in [0.05, 0.1) is 24.0 Å². The van der Waals surface area contributed by atoms with E-state index in [0.29, 0.717) is 10.6 Å². The van der Waals surface area contributed by atoms with Crippen molar-refractivity contribution in [2.24, 2.45) is 5.10 Å². The summed E-state index contributed by atoms with van der Waals surface area (Å²) >= 11 is 11.8. The lowest BCUT2D eigenvalue weighted by molar-refractivity contribution is -0.136. The Bertz CT molecular complexity index is 1290. The number of anilines is 1. The van der Waals surface area contributed by atoms with E-state index < -0.39 is 17.8 Å². The van der Waals surface area contributed by atoms with Gasteiger partial charge in [0.2, 0.25) is 0 Å². The van der Waals surface area contributed by atoms with Gasteiger partial charge in [0.15, 0.2) is 11.5 Å². The Morgan fingerprint density at radius 1 is 0.886 bits per heavy atom. The zero-order valence-corrected chi connectivity index (χ0v) is 19.8. The number of hydrogen-bond donors (Lipinski definition) is 2. The predicted octanol–water partition coefficient (Wildman–Crippen LogP) is 4.71. The molecule has 3 aromatic rings. The maximum atomic E-state index is 12.1. The van der Waals surface area contributed by atoms with Gasteiger partial charge >= 0.3 is 17.8 Å². The minimum absolute atomic E-state index is 0.191. The summed E-state index contributed by atoms with van der Waals surface area (Å²) in [6.45, 7) is 0. The monoisotopic (exact) mass is 511 g/mol. The van der Waals surface area contributed by atoms with Crippen LogP contribution < -0.4 is 20.2 Å². The Morgan fingerprint density at radius 2 is 1.66 bits per heavy atom. The fraction of sp³-hybridized carbons (Fsp3) is 0.0400. The molecule has 0 aliphatic carbocycles. The van der Waals surface area contributed by atoms with Gasteiger partial charge in [-0.25, -0.2) is 10.2 Å². The molecule has 0 spiro atoms. The molecule has 178 valence electrons. The number of methoxy groups -OCH3 is 1. The Morgan fingerprint density at radius 3 is 2.40 bits per heavy atom. The summed E-state index contributed by atoms with van der Waals surface area (Å²) in [5, 5.41) is 6.67. The molecule has 2 amide bonds. The molecule has 2 N–H and O–H groups in total. The third-order valence-electron chi connectivity index (χ3n) is 4.37. The lowest BCUT2D eigenvalue weighted by Gasteiger charge is -2.08. The van der Waals surface area contributed by atoms with Crippen molar-refractivity contribution < 1.29 is 23.9 Å². The number of nitrogens with zero attached hydrogens (tertiary/aromatic N) is 1. The van der Waals surface area contributed by atoms with E-state index in [4.69, 9.17) is 32.7 Å². The number of hydrogen-bond acceptors (Lipinski definition) is 6. The van der Waals surface area contributed by atoms with E-state index >= 15 is 0 Å². The average molecular weight is 512 g/mol. The molecular formula is C25H19Cl2N3O5. The summed E-state index contributed by atoms with van der Waals surface area (Å²) in [5.41, 5.74) is 3.67. The molecule has 0 aliphatic rings. The molecule has 0 unspecified atom stereocenters. The number of benzene rings is 3. The fourth-order valence-electron chi connectivity index (χ4n) is 2.71. The van der Waals surface area contributed by atoms with Crippen molar-refractivity contribution >= 4 is 59.0 Å². The summed E-state index contributed by atoms with van der Waals surface area (Å²) in [6, 6.07) is 18.4. The largest absolute Gasteiger partial charge is 0.493 e. The van der Waals surface area contributed by atoms with E-state index in [1.54, 1.807) is 24.3 Å². The molecule has 3 aromatic carbocycles. The zero-order chi connectivity index (χ0) is 25.2. The standard InChI is InChI=1S/C25H19Cl2N3O5/c1-34-22-13-17(7-11-21(22)35-23(31)12-8-16-5-3-2-4-6-16)15-28-30-25(33)24(32)29-20-14-18(26)9-10-19(20)27/h2-15H,1H3,(H,29,32)(H,30,33). The number of carbonyl (C=O) groups excluding carboxylic acids is 3. The second kappa shape index (κ2) is 12.4. The second-order valence-electron chi connectivity index (χ2n) is 6.85. The smallest absolute Gasteiger partial charge is 0.336 e. The highest BCUT2D eigenvalue weighted by Crippen LogP contribution is 2.28. The van der Waals surface area contributed by atoms with Crippen molar-refractivity contribution in [2.75, 3.05) is 12.4 Å². The maximum Gasteiger partial charge on any atom is 0.336 e. The van der Waals surface area contributed by atoms with Crippen LogP contribution in [0.5, 0.6) is 11.5 Å². The molecule has 8 nitrogen and oxygen atoms in total. The third-order valence-corrected chi connectivity index (χ3v) is 4.94. The van der Waals surface area contributed by atoms with Crippen molar-refractivity contribution in [1.29, 1.82) is 0 Å². The lowest BCUT2D eigenvalue weighted by Crippen LogP contribution is -2.32. The summed E-state index contributed by atoms with van der Waals surface area (Å²) < 4.78 is 10.6. The number of amides is 2. The summed E-state index contributed by atoms with van der Waals surface area (Å²) in [5.74, 6) is -2.09. The molecule has 35 heavy (non-hydrogen) atoms. The van der Waals surface area contributed by atoms with Crippen LogP contribution in [-0.2, 0) is 14.4 Å². The molecule has 10 heteroatoms. The summed E-state index contributed by atoms with van der Waals surface area (Å²) in [7, 11) is 1.42. The SMILES string of the molecule is COc1cc(C=NNC(=O)C(=O)Nc2cc(Cl)ccc2Cl)ccc1OC(=O)C=Cc1ccccc1. The van der Waals surface area contributed by atoms with Gasteiger partial charge in [-0.15, -0.1) is 0 Å². The van der Waals surface area contributed by atoms with Gasteiger partial charge < -0.3 is 14.8 Å². The third kappa shape index (κ3) is 7.70. The quantitative estimate of drug-likeness (QED) is 0.119. The van der Waals surface area contributed by atoms with Crippen molar-refractivity contribution in [1.82, 2.24) is 5.43 Å². The van der Waals surface area contributed by atoms with Crippen molar-refractivity contribution in [2.45, 2.75) is 0 Å². The number of hydrazone groups is 1. The summed E-state index contributed by atoms with van der Waals surface area (Å²) in [6.07, 6.45) is 4.23. The van der Waals surface area contributed by atoms with Crippen LogP contribution in [0.3, 0.4) is 0 Å². The normalized spacial score (nSPS) is 10.8. The minimum atomic E-state index is -1.01. The molecule has 0 saturated carbocycles. The molecule has 0 atom stereocenters. The van der Waals surface area contributed by atoms with Gasteiger partial charge in [0, 0.05) is 11.1 Å². The first kappa shape index (κ1) is 25.5. The Labute approximate surface area is 211 Å². The van der Waals surface area contributed by atoms with Gasteiger partial charge in [-0.3, -0.25) is 9.59 Å². The van der Waals surface area contributed by atoms with Crippen molar-refractivity contribution in [3.8, 4) is 11.5 Å². The van der Waals surface area contributed by atoms with E-state index in [0.717, 1.165) is 5.56 Å². The molecule has 3 rings (SSSR count). The van der Waals surface area contributed by atoms with Crippen LogP contribution >= 0.6 is 23.2 Å². The predicted molar refractivity (Wildman–Crippen MR) is 135 cm³/mol. The van der Waals surface area contributed by atoms with Crippen LogP contribution in [-0.4, -0.2) is 31.1 Å². The molecule has 0 aromatic heterocycles. The Balaban J connectivity index is 1.58. The molecule has 0 saturated heterocycles. The molecule has 0 radical (unpaired) electrons. The van der Waals surface area contributed by atoms with Gasteiger partial charge in [0.25, 0.3) is 0 Å². The first-order valence-electron chi connectivity index (χ1n) is 10.1. The average Bonchev–Trinajstić information content (AvgIpc) is 2.86. The van der Waals surface area contributed by atoms with Crippen LogP contribution in [0.25, 0.3) is 6.08 Å². The number of carbonyl (C=O) groups is 3. The number of rotatable bonds is 7. The van der Waals surface area contributed by atoms with E-state index in [1.807, 2.05) is 30.3 Å². The summed E-state index contributed by atoms with van der Waals surface area (Å²) in [4.78, 5) is 36.2. The topological polar surface area (TPSA) is 106 Å². The molecule has 0 bridgehead atoms. The first-order chi connectivity index (χ1) is 16.9. The van der Waals surface area contributed by atoms with Crippen LogP contribution in [0.2, 0.25) is 10.0 Å². The van der Waals surface area contributed by atoms with Crippen LogP contribution in [0.1, 0.15) is 11.1 Å². The number of ether oxygens (including phenoxy) is 2. The molecule has 0 heterocycles. The molecule has 0 fully saturated rings. The first-order valence-corrected chi connectivity index (χ1v) is 10.8. The second-order valence-corrected chi connectivity index (χ2v) is 7.70. The van der Waals surface area contributed by atoms with E-state index in [2.05, 4.69) is 15.8 Å². The van der Waals surface area contributed by atoms with Crippen LogP contribution in [0, 0.1) is 0 Å². The van der Waals surface area contributed by atoms with Gasteiger partial charge in [-0.05, 0) is 53.6 Å². The maximum absolute atomic E-state index is 12.1. The van der Waals surface area contributed by atoms with E-state index in [9.17, 15) is 14.4 Å². The van der Waals surface area contributed by atoms with Gasteiger partial charge in [0.1, 0.15) is 0 Å². The van der Waals surface area contributed by atoms with Crippen LogP contribution in [0.4, 0.5) is 5.69 Å². The molecular weight excluding hydrogens is 493 g/mol. The van der Waals surface area contributed by atoms with E-state index in [-0.39, 0.29) is 22.2 Å². The van der Waals surface area contributed by atoms with Crippen molar-refractivity contribution in [3.63, 3.8) is 0 Å². The number of halogens is 2. The Hall–Kier alpha value is -4.14. The fourth-order valence-corrected chi connectivity index (χ4v) is 3.05. The highest BCUT2D eigenvalue weighted by molar-refractivity contribution is 6.42. The lowest BCUT2D eigenvalue weighted by atomic mass is 10.2. The van der Waals surface area contributed by atoms with Crippen molar-refractivity contribution in [3.05, 3.63) is 94.0 Å². The van der Waals surface area contributed by atoms with Gasteiger partial charge in [-0.2, -0.15) is 5.10 Å². The Kier molecular flexibility index (Phi) is 9.00. The molecule has 0 aliphatic heterocycles. The minimum Gasteiger partial charge on any atom is -0.493 e. The van der Waals surface area contributed by atoms with Gasteiger partial charge in [-0.1, -0.05) is 53.5 Å².